The second-order valence-electron chi connectivity index (χ2n) is 5.12. The van der Waals surface area contributed by atoms with Gasteiger partial charge in [-0.1, -0.05) is 48.5 Å². The highest BCUT2D eigenvalue weighted by molar-refractivity contribution is 5.74. The van der Waals surface area contributed by atoms with Crippen LogP contribution < -0.4 is 0 Å². The maximum Gasteiger partial charge on any atom is 0.0702 e. The Kier molecular flexibility index (Phi) is 3.34. The number of hydrogen-bond donors (Lipinski definition) is 0. The van der Waals surface area contributed by atoms with Crippen LogP contribution in [0, 0.1) is 13.8 Å². The minimum atomic E-state index is 1.02. The molecule has 1 heteroatoms. The number of aryl methyl sites for hydroxylation is 2. The van der Waals surface area contributed by atoms with Gasteiger partial charge in [-0.2, -0.15) is 0 Å². The summed E-state index contributed by atoms with van der Waals surface area (Å²) in [4.78, 5) is 4.51. The first-order valence-corrected chi connectivity index (χ1v) is 6.83. The summed E-state index contributed by atoms with van der Waals surface area (Å²) in [5.41, 5.74) is 7.17. The van der Waals surface area contributed by atoms with Gasteiger partial charge in [0.05, 0.1) is 5.69 Å². The van der Waals surface area contributed by atoms with Gasteiger partial charge in [0.1, 0.15) is 0 Å². The number of benzene rings is 2. The molecule has 0 aliphatic carbocycles. The molecule has 3 rings (SSSR count). The fourth-order valence-electron chi connectivity index (χ4n) is 2.35. The van der Waals surface area contributed by atoms with Crippen molar-refractivity contribution in [1.82, 2.24) is 4.98 Å². The van der Waals surface area contributed by atoms with Crippen LogP contribution >= 0.6 is 0 Å². The molecule has 20 heavy (non-hydrogen) atoms. The van der Waals surface area contributed by atoms with Gasteiger partial charge >= 0.3 is 0 Å². The fourth-order valence-corrected chi connectivity index (χ4v) is 2.35. The average molecular weight is 259 g/mol. The molecular formula is C19H17N. The molecule has 0 N–H and O–H groups in total. The van der Waals surface area contributed by atoms with E-state index in [1.807, 2.05) is 12.3 Å². The molecule has 0 amide bonds. The van der Waals surface area contributed by atoms with Crippen LogP contribution in [0.5, 0.6) is 0 Å². The Bertz CT molecular complexity index is 713. The maximum atomic E-state index is 4.51. The van der Waals surface area contributed by atoms with E-state index in [-0.39, 0.29) is 0 Å². The van der Waals surface area contributed by atoms with Crippen LogP contribution in [0.2, 0.25) is 0 Å². The lowest BCUT2D eigenvalue weighted by atomic mass is 9.97. The van der Waals surface area contributed by atoms with E-state index in [1.54, 1.807) is 0 Å². The minimum Gasteiger partial charge on any atom is -0.256 e. The highest BCUT2D eigenvalue weighted by Gasteiger charge is 2.05. The highest BCUT2D eigenvalue weighted by Crippen LogP contribution is 2.28. The molecule has 0 spiro atoms. The van der Waals surface area contributed by atoms with E-state index in [1.165, 1.54) is 22.3 Å². The summed E-state index contributed by atoms with van der Waals surface area (Å²) >= 11 is 0. The molecule has 0 radical (unpaired) electrons. The van der Waals surface area contributed by atoms with Crippen LogP contribution in [-0.4, -0.2) is 4.98 Å². The lowest BCUT2D eigenvalue weighted by Crippen LogP contribution is -1.88. The van der Waals surface area contributed by atoms with Crippen LogP contribution in [-0.2, 0) is 0 Å². The predicted octanol–water partition coefficient (Wildman–Crippen LogP) is 5.03. The van der Waals surface area contributed by atoms with Gasteiger partial charge in [-0.3, -0.25) is 4.98 Å². The molecule has 0 unspecified atom stereocenters. The zero-order valence-corrected chi connectivity index (χ0v) is 11.8. The first kappa shape index (κ1) is 12.6. The Balaban J connectivity index is 2.09. The molecule has 1 heterocycles. The summed E-state index contributed by atoms with van der Waals surface area (Å²) < 4.78 is 0. The Morgan fingerprint density at radius 3 is 2.25 bits per heavy atom. The quantitative estimate of drug-likeness (QED) is 0.628. The van der Waals surface area contributed by atoms with Gasteiger partial charge in [-0.15, -0.1) is 0 Å². The molecule has 1 aromatic heterocycles. The Hall–Kier alpha value is -2.41. The molecule has 2 aromatic carbocycles. The summed E-state index contributed by atoms with van der Waals surface area (Å²) in [7, 11) is 0. The monoisotopic (exact) mass is 259 g/mol. The smallest absolute Gasteiger partial charge is 0.0702 e. The molecule has 0 aliphatic rings. The van der Waals surface area contributed by atoms with Crippen molar-refractivity contribution >= 4 is 0 Å². The van der Waals surface area contributed by atoms with E-state index in [9.17, 15) is 0 Å². The second-order valence-corrected chi connectivity index (χ2v) is 5.12. The maximum absolute atomic E-state index is 4.51. The molecule has 3 aromatic rings. The summed E-state index contributed by atoms with van der Waals surface area (Å²) in [6.45, 7) is 4.20. The van der Waals surface area contributed by atoms with Gasteiger partial charge in [0.2, 0.25) is 0 Å². The molecule has 0 saturated heterocycles. The lowest BCUT2D eigenvalue weighted by Gasteiger charge is -2.09. The van der Waals surface area contributed by atoms with E-state index >= 15 is 0 Å². The molecule has 0 aliphatic heterocycles. The Morgan fingerprint density at radius 1 is 0.750 bits per heavy atom. The molecule has 0 fully saturated rings. The Labute approximate surface area is 119 Å². The van der Waals surface area contributed by atoms with Crippen molar-refractivity contribution in [2.24, 2.45) is 0 Å². The van der Waals surface area contributed by atoms with E-state index < -0.39 is 0 Å². The van der Waals surface area contributed by atoms with Crippen LogP contribution in [0.3, 0.4) is 0 Å². The van der Waals surface area contributed by atoms with E-state index in [0.29, 0.717) is 0 Å². The highest BCUT2D eigenvalue weighted by atomic mass is 14.7. The van der Waals surface area contributed by atoms with Crippen molar-refractivity contribution < 1.29 is 0 Å². The van der Waals surface area contributed by atoms with E-state index in [2.05, 4.69) is 73.4 Å². The SMILES string of the molecule is Cc1ccc(-c2ccc(C)c(-c3ccccc3)c2)nc1. The first-order chi connectivity index (χ1) is 9.74. The summed E-state index contributed by atoms with van der Waals surface area (Å²) in [5.74, 6) is 0. The topological polar surface area (TPSA) is 12.9 Å². The van der Waals surface area contributed by atoms with Crippen molar-refractivity contribution in [3.05, 3.63) is 78.0 Å². The summed E-state index contributed by atoms with van der Waals surface area (Å²) in [5, 5.41) is 0. The third-order valence-corrected chi connectivity index (χ3v) is 3.53. The number of nitrogens with zero attached hydrogens (tertiary/aromatic N) is 1. The van der Waals surface area contributed by atoms with Crippen molar-refractivity contribution in [1.29, 1.82) is 0 Å². The average Bonchev–Trinajstić information content (AvgIpc) is 2.50. The van der Waals surface area contributed by atoms with Crippen LogP contribution in [0.15, 0.2) is 66.9 Å². The molecule has 0 atom stereocenters. The number of pyridine rings is 1. The van der Waals surface area contributed by atoms with Gasteiger partial charge in [0, 0.05) is 11.8 Å². The van der Waals surface area contributed by atoms with Crippen LogP contribution in [0.25, 0.3) is 22.4 Å². The summed E-state index contributed by atoms with van der Waals surface area (Å²) in [6.07, 6.45) is 1.91. The largest absolute Gasteiger partial charge is 0.256 e. The van der Waals surface area contributed by atoms with Crippen molar-refractivity contribution in [2.75, 3.05) is 0 Å². The summed E-state index contributed by atoms with van der Waals surface area (Å²) in [6, 6.07) is 21.2. The third-order valence-electron chi connectivity index (χ3n) is 3.53. The molecular weight excluding hydrogens is 242 g/mol. The zero-order valence-electron chi connectivity index (χ0n) is 11.8. The van der Waals surface area contributed by atoms with Gasteiger partial charge < -0.3 is 0 Å². The standard InChI is InChI=1S/C19H17N/c1-14-8-11-19(20-13-14)17-10-9-15(2)18(12-17)16-6-4-3-5-7-16/h3-13H,1-2H3. The predicted molar refractivity (Wildman–Crippen MR) is 84.6 cm³/mol. The minimum absolute atomic E-state index is 1.02. The number of hydrogen-bond acceptors (Lipinski definition) is 1. The fraction of sp³-hybridized carbons (Fsp3) is 0.105. The first-order valence-electron chi connectivity index (χ1n) is 6.83. The Morgan fingerprint density at radius 2 is 1.55 bits per heavy atom. The molecule has 0 saturated carbocycles. The van der Waals surface area contributed by atoms with Crippen molar-refractivity contribution in [3.63, 3.8) is 0 Å². The lowest BCUT2D eigenvalue weighted by molar-refractivity contribution is 1.27. The van der Waals surface area contributed by atoms with E-state index in [0.717, 1.165) is 11.3 Å². The normalized spacial score (nSPS) is 10.5. The van der Waals surface area contributed by atoms with Crippen molar-refractivity contribution in [2.45, 2.75) is 13.8 Å². The van der Waals surface area contributed by atoms with Gasteiger partial charge in [-0.25, -0.2) is 0 Å². The van der Waals surface area contributed by atoms with Crippen LogP contribution in [0.4, 0.5) is 0 Å². The third kappa shape index (κ3) is 2.48. The van der Waals surface area contributed by atoms with E-state index in [4.69, 9.17) is 0 Å². The van der Waals surface area contributed by atoms with Gasteiger partial charge in [-0.05, 0) is 48.2 Å². The second kappa shape index (κ2) is 5.30. The van der Waals surface area contributed by atoms with Gasteiger partial charge in [0.15, 0.2) is 0 Å². The number of rotatable bonds is 2. The van der Waals surface area contributed by atoms with Crippen LogP contribution in [0.1, 0.15) is 11.1 Å². The number of aromatic nitrogens is 1. The molecule has 1 nitrogen and oxygen atoms in total. The van der Waals surface area contributed by atoms with Gasteiger partial charge in [0.25, 0.3) is 0 Å². The molecule has 0 bridgehead atoms. The molecule has 98 valence electrons. The zero-order chi connectivity index (χ0) is 13.9. The van der Waals surface area contributed by atoms with Crippen molar-refractivity contribution in [3.8, 4) is 22.4 Å².